The number of aliphatic carboxylic acids is 1. The van der Waals surface area contributed by atoms with Crippen LogP contribution in [0.1, 0.15) is 6.92 Å². The van der Waals surface area contributed by atoms with Crippen LogP contribution < -0.4 is 10.0 Å². The van der Waals surface area contributed by atoms with E-state index in [-0.39, 0.29) is 10.6 Å². The van der Waals surface area contributed by atoms with Gasteiger partial charge in [0.2, 0.25) is 11.8 Å². The summed E-state index contributed by atoms with van der Waals surface area (Å²) in [6.45, 7) is 1.07. The maximum atomic E-state index is 11.7. The van der Waals surface area contributed by atoms with Crippen molar-refractivity contribution in [2.45, 2.75) is 11.8 Å². The first-order valence-corrected chi connectivity index (χ1v) is 7.04. The summed E-state index contributed by atoms with van der Waals surface area (Å²) >= 11 is 0. The molecule has 0 bridgehead atoms. The van der Waals surface area contributed by atoms with Crippen LogP contribution in [0, 0.1) is 0 Å². The van der Waals surface area contributed by atoms with Gasteiger partial charge in [-0.1, -0.05) is 0 Å². The van der Waals surface area contributed by atoms with E-state index in [1.54, 1.807) is 4.72 Å². The molecular formula is C12H12N2O6S. The predicted octanol–water partition coefficient (Wildman–Crippen LogP) is 0.0907. The molecule has 0 fully saturated rings. The molecule has 0 aliphatic heterocycles. The van der Waals surface area contributed by atoms with Crippen LogP contribution >= 0.6 is 0 Å². The van der Waals surface area contributed by atoms with Crippen molar-refractivity contribution in [3.63, 3.8) is 0 Å². The van der Waals surface area contributed by atoms with Crippen LogP contribution in [-0.4, -0.2) is 31.3 Å². The van der Waals surface area contributed by atoms with Crippen LogP contribution in [0.25, 0.3) is 0 Å². The molecule has 8 nitrogen and oxygen atoms in total. The lowest BCUT2D eigenvalue weighted by atomic mass is 10.3. The van der Waals surface area contributed by atoms with Gasteiger partial charge in [-0.15, -0.1) is 0 Å². The second-order valence-electron chi connectivity index (χ2n) is 3.85. The molecule has 0 heterocycles. The lowest BCUT2D eigenvalue weighted by Crippen LogP contribution is -2.28. The molecule has 112 valence electrons. The van der Waals surface area contributed by atoms with Gasteiger partial charge in [-0.3, -0.25) is 9.59 Å². The number of amides is 2. The van der Waals surface area contributed by atoms with E-state index in [0.29, 0.717) is 6.08 Å². The maximum Gasteiger partial charge on any atom is 0.328 e. The number of sulfonamides is 1. The van der Waals surface area contributed by atoms with Crippen LogP contribution in [0.4, 0.5) is 5.69 Å². The molecule has 1 aromatic carbocycles. The fraction of sp³-hybridized carbons (Fsp3) is 0.0833. The summed E-state index contributed by atoms with van der Waals surface area (Å²) in [4.78, 5) is 32.2. The molecule has 9 heteroatoms. The lowest BCUT2D eigenvalue weighted by molar-refractivity contribution is -0.131. The third kappa shape index (κ3) is 5.45. The van der Waals surface area contributed by atoms with E-state index in [9.17, 15) is 22.8 Å². The van der Waals surface area contributed by atoms with Crippen molar-refractivity contribution in [1.29, 1.82) is 0 Å². The number of hydrogen-bond donors (Lipinski definition) is 3. The van der Waals surface area contributed by atoms with Gasteiger partial charge in [0, 0.05) is 24.8 Å². The van der Waals surface area contributed by atoms with Crippen LogP contribution in [0.2, 0.25) is 0 Å². The number of carboxylic acids is 1. The van der Waals surface area contributed by atoms with Crippen molar-refractivity contribution >= 4 is 33.5 Å². The fourth-order valence-electron chi connectivity index (χ4n) is 1.30. The Morgan fingerprint density at radius 1 is 1.10 bits per heavy atom. The predicted molar refractivity (Wildman–Crippen MR) is 72.9 cm³/mol. The topological polar surface area (TPSA) is 130 Å². The van der Waals surface area contributed by atoms with Crippen molar-refractivity contribution in [3.8, 4) is 0 Å². The zero-order valence-corrected chi connectivity index (χ0v) is 11.7. The molecule has 0 unspecified atom stereocenters. The number of carbonyl (C=O) groups excluding carboxylic acids is 2. The number of carboxylic acid groups (broad SMARTS) is 1. The standard InChI is InChI=1S/C12H12N2O6S/c1-8(15)14-21(19,20)10-4-2-9(3-5-10)13-11(16)6-7-12(17)18/h2-7H,1H3,(H,13,16)(H,14,15)(H,17,18)/b7-6+. The Labute approximate surface area is 120 Å². The lowest BCUT2D eigenvalue weighted by Gasteiger charge is -2.06. The Hall–Kier alpha value is -2.68. The van der Waals surface area contributed by atoms with Crippen LogP contribution in [-0.2, 0) is 24.4 Å². The Morgan fingerprint density at radius 3 is 2.14 bits per heavy atom. The van der Waals surface area contributed by atoms with E-state index in [4.69, 9.17) is 5.11 Å². The Balaban J connectivity index is 2.81. The Kier molecular flexibility index (Phi) is 5.19. The molecule has 3 N–H and O–H groups in total. The van der Waals surface area contributed by atoms with Crippen LogP contribution in [0.15, 0.2) is 41.3 Å². The number of carbonyl (C=O) groups is 3. The summed E-state index contributed by atoms with van der Waals surface area (Å²) in [5.74, 6) is -2.65. The maximum absolute atomic E-state index is 11.7. The molecule has 1 aromatic rings. The highest BCUT2D eigenvalue weighted by Crippen LogP contribution is 2.13. The summed E-state index contributed by atoms with van der Waals surface area (Å²) in [6, 6.07) is 5.01. The number of hydrogen-bond acceptors (Lipinski definition) is 5. The van der Waals surface area contributed by atoms with Gasteiger partial charge in [0.05, 0.1) is 4.90 Å². The van der Waals surface area contributed by atoms with Gasteiger partial charge < -0.3 is 10.4 Å². The van der Waals surface area contributed by atoms with Gasteiger partial charge in [0.25, 0.3) is 10.0 Å². The Bertz CT molecular complexity index is 691. The van der Waals surface area contributed by atoms with Crippen molar-refractivity contribution < 1.29 is 27.9 Å². The zero-order chi connectivity index (χ0) is 16.0. The van der Waals surface area contributed by atoms with Gasteiger partial charge in [-0.25, -0.2) is 17.9 Å². The van der Waals surface area contributed by atoms with E-state index in [0.717, 1.165) is 13.0 Å². The average Bonchev–Trinajstić information content (AvgIpc) is 2.35. The van der Waals surface area contributed by atoms with Gasteiger partial charge in [0.15, 0.2) is 0 Å². The highest BCUT2D eigenvalue weighted by atomic mass is 32.2. The minimum atomic E-state index is -3.93. The average molecular weight is 312 g/mol. The highest BCUT2D eigenvalue weighted by Gasteiger charge is 2.15. The van der Waals surface area contributed by atoms with E-state index in [1.165, 1.54) is 24.3 Å². The largest absolute Gasteiger partial charge is 0.478 e. The van der Waals surface area contributed by atoms with Crippen molar-refractivity contribution in [3.05, 3.63) is 36.4 Å². The van der Waals surface area contributed by atoms with Gasteiger partial charge in [-0.05, 0) is 24.3 Å². The molecule has 2 amide bonds. The Morgan fingerprint density at radius 2 is 1.67 bits per heavy atom. The van der Waals surface area contributed by atoms with E-state index < -0.39 is 27.8 Å². The third-order valence-corrected chi connectivity index (χ3v) is 3.54. The van der Waals surface area contributed by atoms with Gasteiger partial charge in [-0.2, -0.15) is 0 Å². The first kappa shape index (κ1) is 16.4. The minimum absolute atomic E-state index is 0.142. The van der Waals surface area contributed by atoms with E-state index >= 15 is 0 Å². The molecule has 21 heavy (non-hydrogen) atoms. The molecule has 0 radical (unpaired) electrons. The molecule has 0 spiro atoms. The monoisotopic (exact) mass is 312 g/mol. The van der Waals surface area contributed by atoms with Crippen molar-refractivity contribution in [2.75, 3.05) is 5.32 Å². The second kappa shape index (κ2) is 6.66. The fourth-order valence-corrected chi connectivity index (χ4v) is 2.29. The van der Waals surface area contributed by atoms with Crippen molar-refractivity contribution in [1.82, 2.24) is 4.72 Å². The molecule has 0 atom stereocenters. The molecule has 0 aliphatic carbocycles. The van der Waals surface area contributed by atoms with Gasteiger partial charge >= 0.3 is 5.97 Å². The third-order valence-electron chi connectivity index (χ3n) is 2.09. The number of nitrogens with one attached hydrogen (secondary N) is 2. The SMILES string of the molecule is CC(=O)NS(=O)(=O)c1ccc(NC(=O)/C=C/C(=O)O)cc1. The number of rotatable bonds is 5. The number of benzene rings is 1. The molecule has 0 saturated carbocycles. The molecule has 0 aliphatic rings. The van der Waals surface area contributed by atoms with E-state index in [2.05, 4.69) is 5.32 Å². The minimum Gasteiger partial charge on any atom is -0.478 e. The summed E-state index contributed by atoms with van der Waals surface area (Å²) in [5, 5.41) is 10.7. The first-order valence-electron chi connectivity index (χ1n) is 5.56. The highest BCUT2D eigenvalue weighted by molar-refractivity contribution is 7.90. The molecule has 0 saturated heterocycles. The molecule has 1 rings (SSSR count). The van der Waals surface area contributed by atoms with E-state index in [1.807, 2.05) is 0 Å². The van der Waals surface area contributed by atoms with Crippen LogP contribution in [0.3, 0.4) is 0 Å². The van der Waals surface area contributed by atoms with Crippen LogP contribution in [0.5, 0.6) is 0 Å². The first-order chi connectivity index (χ1) is 9.70. The summed E-state index contributed by atoms with van der Waals surface area (Å²) in [5.41, 5.74) is 0.275. The van der Waals surface area contributed by atoms with Gasteiger partial charge in [0.1, 0.15) is 0 Å². The smallest absolute Gasteiger partial charge is 0.328 e. The summed E-state index contributed by atoms with van der Waals surface area (Å²) in [6.07, 6.45) is 1.50. The summed E-state index contributed by atoms with van der Waals surface area (Å²) < 4.78 is 25.1. The zero-order valence-electron chi connectivity index (χ0n) is 10.9. The second-order valence-corrected chi connectivity index (χ2v) is 5.53. The van der Waals surface area contributed by atoms with Crippen molar-refractivity contribution in [2.24, 2.45) is 0 Å². The molecular weight excluding hydrogens is 300 g/mol. The summed E-state index contributed by atoms with van der Waals surface area (Å²) in [7, 11) is -3.93. The molecule has 0 aromatic heterocycles. The number of anilines is 1. The quantitative estimate of drug-likeness (QED) is 0.661. The normalized spacial score (nSPS) is 11.1.